The summed E-state index contributed by atoms with van der Waals surface area (Å²) < 4.78 is 1.02. The Hall–Kier alpha value is -0.870. The van der Waals surface area contributed by atoms with Crippen LogP contribution >= 0.6 is 15.9 Å². The molecule has 1 aromatic carbocycles. The zero-order chi connectivity index (χ0) is 13.3. The van der Waals surface area contributed by atoms with Crippen molar-refractivity contribution in [3.05, 3.63) is 27.7 Å². The second-order valence-electron chi connectivity index (χ2n) is 4.95. The molecule has 18 heavy (non-hydrogen) atoms. The quantitative estimate of drug-likeness (QED) is 0.785. The largest absolute Gasteiger partial charge is 0.369 e. The van der Waals surface area contributed by atoms with E-state index in [9.17, 15) is 4.79 Å². The summed E-state index contributed by atoms with van der Waals surface area (Å²) in [6.07, 6.45) is 0. The summed E-state index contributed by atoms with van der Waals surface area (Å²) in [6.45, 7) is 7.78. The summed E-state index contributed by atoms with van der Waals surface area (Å²) in [5, 5.41) is 0. The van der Waals surface area contributed by atoms with Gasteiger partial charge in [0.05, 0.1) is 0 Å². The van der Waals surface area contributed by atoms with Gasteiger partial charge in [-0.3, -0.25) is 4.79 Å². The molecule has 0 unspecified atom stereocenters. The average Bonchev–Trinajstić information content (AvgIpc) is 2.33. The Kier molecular flexibility index (Phi) is 4.07. The number of hydrogen-bond donors (Lipinski definition) is 0. The molecule has 0 amide bonds. The summed E-state index contributed by atoms with van der Waals surface area (Å²) in [7, 11) is 2.14. The van der Waals surface area contributed by atoms with Gasteiger partial charge in [0.2, 0.25) is 0 Å². The molecule has 0 N–H and O–H groups in total. The first kappa shape index (κ1) is 13.6. The minimum absolute atomic E-state index is 0.129. The van der Waals surface area contributed by atoms with Crippen LogP contribution in [-0.2, 0) is 0 Å². The summed E-state index contributed by atoms with van der Waals surface area (Å²) in [5.41, 5.74) is 2.99. The third-order valence-electron chi connectivity index (χ3n) is 3.58. The molecule has 0 atom stereocenters. The van der Waals surface area contributed by atoms with Crippen LogP contribution in [0.25, 0.3) is 0 Å². The monoisotopic (exact) mass is 310 g/mol. The first-order valence-corrected chi connectivity index (χ1v) is 7.03. The van der Waals surface area contributed by atoms with Crippen LogP contribution in [0.4, 0.5) is 5.69 Å². The molecule has 1 aromatic rings. The van der Waals surface area contributed by atoms with Crippen molar-refractivity contribution in [3.8, 4) is 0 Å². The topological polar surface area (TPSA) is 23.6 Å². The number of nitrogens with zero attached hydrogens (tertiary/aromatic N) is 2. The van der Waals surface area contributed by atoms with Gasteiger partial charge in [-0.25, -0.2) is 0 Å². The first-order chi connectivity index (χ1) is 8.49. The van der Waals surface area contributed by atoms with E-state index in [0.29, 0.717) is 0 Å². The minimum Gasteiger partial charge on any atom is -0.369 e. The van der Waals surface area contributed by atoms with E-state index in [4.69, 9.17) is 0 Å². The van der Waals surface area contributed by atoms with Gasteiger partial charge in [-0.1, -0.05) is 15.9 Å². The Morgan fingerprint density at radius 2 is 1.83 bits per heavy atom. The summed E-state index contributed by atoms with van der Waals surface area (Å²) in [5.74, 6) is 0.129. The molecule has 0 bridgehead atoms. The molecule has 0 radical (unpaired) electrons. The lowest BCUT2D eigenvalue weighted by Gasteiger charge is -2.34. The third kappa shape index (κ3) is 2.75. The number of benzene rings is 1. The molecule has 1 aliphatic heterocycles. The number of carbonyl (C=O) groups excluding carboxylic acids is 1. The van der Waals surface area contributed by atoms with Crippen molar-refractivity contribution in [2.24, 2.45) is 0 Å². The van der Waals surface area contributed by atoms with Gasteiger partial charge >= 0.3 is 0 Å². The van der Waals surface area contributed by atoms with Gasteiger partial charge in [-0.2, -0.15) is 0 Å². The maximum Gasteiger partial charge on any atom is 0.160 e. The molecule has 98 valence electrons. The highest BCUT2D eigenvalue weighted by Gasteiger charge is 2.17. The number of likely N-dealkylation sites (N-methyl/N-ethyl adjacent to an activating group) is 1. The van der Waals surface area contributed by atoms with E-state index in [2.05, 4.69) is 38.8 Å². The zero-order valence-corrected chi connectivity index (χ0v) is 12.7. The minimum atomic E-state index is 0.129. The highest BCUT2D eigenvalue weighted by Crippen LogP contribution is 2.28. The predicted octanol–water partition coefficient (Wildman–Crippen LogP) is 2.71. The Bertz CT molecular complexity index is 465. The van der Waals surface area contributed by atoms with Gasteiger partial charge in [0.25, 0.3) is 0 Å². The average molecular weight is 311 g/mol. The van der Waals surface area contributed by atoms with E-state index in [1.54, 1.807) is 6.92 Å². The van der Waals surface area contributed by atoms with E-state index in [0.717, 1.165) is 47.5 Å². The molecule has 0 spiro atoms. The summed E-state index contributed by atoms with van der Waals surface area (Å²) >= 11 is 3.55. The van der Waals surface area contributed by atoms with Crippen molar-refractivity contribution < 1.29 is 4.79 Å². The normalized spacial score (nSPS) is 17.0. The molecule has 0 aromatic heterocycles. The highest BCUT2D eigenvalue weighted by atomic mass is 79.9. The fraction of sp³-hybridized carbons (Fsp3) is 0.500. The number of Topliss-reactive ketones (excluding diaryl/α,β-unsaturated/α-hetero) is 1. The lowest BCUT2D eigenvalue weighted by Crippen LogP contribution is -2.44. The number of hydrogen-bond acceptors (Lipinski definition) is 3. The van der Waals surface area contributed by atoms with Gasteiger partial charge in [0.1, 0.15) is 0 Å². The Morgan fingerprint density at radius 1 is 1.22 bits per heavy atom. The van der Waals surface area contributed by atoms with E-state index < -0.39 is 0 Å². The van der Waals surface area contributed by atoms with Crippen molar-refractivity contribution in [2.45, 2.75) is 13.8 Å². The standard InChI is InChI=1S/C14H19BrN2O/c1-10-13(11(2)18)8-12(9-14(10)15)17-6-4-16(3)5-7-17/h8-9H,4-7H2,1-3H3. The van der Waals surface area contributed by atoms with Crippen LogP contribution in [0.1, 0.15) is 22.8 Å². The number of anilines is 1. The van der Waals surface area contributed by atoms with Gasteiger partial charge in [0.15, 0.2) is 5.78 Å². The fourth-order valence-corrected chi connectivity index (χ4v) is 2.73. The lowest BCUT2D eigenvalue weighted by molar-refractivity contribution is 0.101. The number of carbonyl (C=O) groups is 1. The van der Waals surface area contributed by atoms with Crippen LogP contribution in [0.2, 0.25) is 0 Å². The SMILES string of the molecule is CC(=O)c1cc(N2CCN(C)CC2)cc(Br)c1C. The maximum atomic E-state index is 11.7. The lowest BCUT2D eigenvalue weighted by atomic mass is 10.0. The van der Waals surface area contributed by atoms with Crippen molar-refractivity contribution >= 4 is 27.4 Å². The highest BCUT2D eigenvalue weighted by molar-refractivity contribution is 9.10. The molecule has 0 saturated carbocycles. The molecular weight excluding hydrogens is 292 g/mol. The summed E-state index contributed by atoms with van der Waals surface area (Å²) in [4.78, 5) is 16.3. The van der Waals surface area contributed by atoms with Crippen molar-refractivity contribution in [3.63, 3.8) is 0 Å². The molecule has 1 aliphatic rings. The van der Waals surface area contributed by atoms with Crippen molar-refractivity contribution in [1.82, 2.24) is 4.90 Å². The smallest absolute Gasteiger partial charge is 0.160 e. The Labute approximate surface area is 117 Å². The number of rotatable bonds is 2. The van der Waals surface area contributed by atoms with Crippen LogP contribution < -0.4 is 4.90 Å². The Morgan fingerprint density at radius 3 is 2.39 bits per heavy atom. The molecule has 3 nitrogen and oxygen atoms in total. The number of ketones is 1. The second kappa shape index (κ2) is 5.41. The van der Waals surface area contributed by atoms with Crippen LogP contribution in [0.5, 0.6) is 0 Å². The van der Waals surface area contributed by atoms with E-state index in [1.807, 2.05) is 13.0 Å². The zero-order valence-electron chi connectivity index (χ0n) is 11.2. The Balaban J connectivity index is 2.31. The molecule has 1 heterocycles. The van der Waals surface area contributed by atoms with E-state index in [-0.39, 0.29) is 5.78 Å². The molecule has 0 aliphatic carbocycles. The molecule has 4 heteroatoms. The molecule has 1 saturated heterocycles. The van der Waals surface area contributed by atoms with Crippen LogP contribution in [0.15, 0.2) is 16.6 Å². The summed E-state index contributed by atoms with van der Waals surface area (Å²) in [6, 6.07) is 4.14. The van der Waals surface area contributed by atoms with Crippen LogP contribution in [-0.4, -0.2) is 43.9 Å². The second-order valence-corrected chi connectivity index (χ2v) is 5.80. The maximum absolute atomic E-state index is 11.7. The first-order valence-electron chi connectivity index (χ1n) is 6.23. The van der Waals surface area contributed by atoms with Crippen molar-refractivity contribution in [1.29, 1.82) is 0 Å². The number of halogens is 1. The molecule has 2 rings (SSSR count). The third-order valence-corrected chi connectivity index (χ3v) is 4.40. The van der Waals surface area contributed by atoms with Crippen molar-refractivity contribution in [2.75, 3.05) is 38.1 Å². The van der Waals surface area contributed by atoms with Crippen LogP contribution in [0, 0.1) is 6.92 Å². The van der Waals surface area contributed by atoms with Gasteiger partial charge in [-0.15, -0.1) is 0 Å². The van der Waals surface area contributed by atoms with Gasteiger partial charge in [0, 0.05) is 41.9 Å². The molecule has 1 fully saturated rings. The fourth-order valence-electron chi connectivity index (χ4n) is 2.28. The van der Waals surface area contributed by atoms with Gasteiger partial charge in [-0.05, 0) is 38.6 Å². The number of piperazine rings is 1. The predicted molar refractivity (Wildman–Crippen MR) is 78.6 cm³/mol. The van der Waals surface area contributed by atoms with E-state index in [1.165, 1.54) is 0 Å². The molecular formula is C14H19BrN2O. The van der Waals surface area contributed by atoms with Crippen LogP contribution in [0.3, 0.4) is 0 Å². The van der Waals surface area contributed by atoms with Gasteiger partial charge < -0.3 is 9.80 Å². The van der Waals surface area contributed by atoms with E-state index >= 15 is 0 Å².